The van der Waals surface area contributed by atoms with Gasteiger partial charge in [-0.2, -0.15) is 5.10 Å². The summed E-state index contributed by atoms with van der Waals surface area (Å²) in [5.74, 6) is 0. The van der Waals surface area contributed by atoms with Crippen molar-refractivity contribution in [3.8, 4) is 0 Å². The number of halogens is 1. The van der Waals surface area contributed by atoms with E-state index in [1.807, 2.05) is 42.4 Å². The van der Waals surface area contributed by atoms with Crippen LogP contribution < -0.4 is 5.32 Å². The molecule has 2 aromatic rings. The number of rotatable bonds is 2. The molecule has 0 saturated heterocycles. The van der Waals surface area contributed by atoms with Crippen molar-refractivity contribution in [1.29, 1.82) is 0 Å². The van der Waals surface area contributed by atoms with Crippen molar-refractivity contribution in [2.24, 2.45) is 5.10 Å². The normalized spacial score (nSPS) is 17.3. The van der Waals surface area contributed by atoms with Gasteiger partial charge >= 0.3 is 0 Å². The van der Waals surface area contributed by atoms with E-state index >= 15 is 0 Å². The Hall–Kier alpha value is -1.72. The Kier molecular flexibility index (Phi) is 4.55. The summed E-state index contributed by atoms with van der Waals surface area (Å²) < 4.78 is 1.07. The van der Waals surface area contributed by atoms with Gasteiger partial charge < -0.3 is 5.32 Å². The first-order chi connectivity index (χ1) is 10.7. The van der Waals surface area contributed by atoms with Crippen LogP contribution in [-0.2, 0) is 0 Å². The zero-order valence-corrected chi connectivity index (χ0v) is 14.6. The lowest BCUT2D eigenvalue weighted by atomic mass is 9.99. The molecule has 1 heterocycles. The van der Waals surface area contributed by atoms with Crippen molar-refractivity contribution in [3.05, 3.63) is 70.2 Å². The second-order valence-electron chi connectivity index (χ2n) is 5.08. The number of nitrogens with one attached hydrogen (secondary N) is 1. The third-order valence-electron chi connectivity index (χ3n) is 3.69. The fraction of sp³-hybridized carbons (Fsp3) is 0.176. The smallest absolute Gasteiger partial charge is 0.189 e. The van der Waals surface area contributed by atoms with Crippen LogP contribution in [0, 0.1) is 0 Å². The van der Waals surface area contributed by atoms with E-state index in [1.165, 1.54) is 5.56 Å². The third-order valence-corrected chi connectivity index (χ3v) is 4.61. The molecule has 0 spiro atoms. The average molecular weight is 374 g/mol. The van der Waals surface area contributed by atoms with Gasteiger partial charge in [0, 0.05) is 17.9 Å². The quantitative estimate of drug-likeness (QED) is 0.802. The van der Waals surface area contributed by atoms with Crippen LogP contribution in [0.5, 0.6) is 0 Å². The number of hydrogen-bond acceptors (Lipinski definition) is 2. The molecular weight excluding hydrogens is 358 g/mol. The first-order valence-electron chi connectivity index (χ1n) is 7.08. The van der Waals surface area contributed by atoms with Gasteiger partial charge in [0.15, 0.2) is 5.11 Å². The third kappa shape index (κ3) is 3.05. The molecule has 0 unspecified atom stereocenters. The summed E-state index contributed by atoms with van der Waals surface area (Å²) in [4.78, 5) is 0. The first-order valence-corrected chi connectivity index (χ1v) is 8.28. The molecule has 22 heavy (non-hydrogen) atoms. The summed E-state index contributed by atoms with van der Waals surface area (Å²) in [6.07, 6.45) is 0.841. The summed E-state index contributed by atoms with van der Waals surface area (Å²) in [5, 5.41) is 10.3. The van der Waals surface area contributed by atoms with Gasteiger partial charge in [-0.15, -0.1) is 0 Å². The van der Waals surface area contributed by atoms with Gasteiger partial charge in [0.2, 0.25) is 0 Å². The maximum absolute atomic E-state index is 5.42. The fourth-order valence-corrected chi connectivity index (χ4v) is 3.00. The van der Waals surface area contributed by atoms with E-state index in [1.54, 1.807) is 0 Å². The predicted molar refractivity (Wildman–Crippen MR) is 98.0 cm³/mol. The molecule has 2 aromatic carbocycles. The van der Waals surface area contributed by atoms with E-state index < -0.39 is 0 Å². The summed E-state index contributed by atoms with van der Waals surface area (Å²) in [5.41, 5.74) is 3.40. The van der Waals surface area contributed by atoms with Gasteiger partial charge in [-0.1, -0.05) is 58.4 Å². The topological polar surface area (TPSA) is 27.6 Å². The van der Waals surface area contributed by atoms with Gasteiger partial charge in [-0.25, -0.2) is 5.01 Å². The van der Waals surface area contributed by atoms with Crippen LogP contribution >= 0.6 is 28.1 Å². The van der Waals surface area contributed by atoms with Crippen LogP contribution in [0.2, 0.25) is 0 Å². The molecule has 1 aliphatic rings. The van der Waals surface area contributed by atoms with Gasteiger partial charge in [0.05, 0.1) is 11.8 Å². The van der Waals surface area contributed by atoms with Crippen LogP contribution in [0.4, 0.5) is 0 Å². The SMILES string of the molecule is CNC(=S)N1N=C(c2ccc(Br)cc2)C[C@@H]1c1ccccc1. The summed E-state index contributed by atoms with van der Waals surface area (Å²) in [6.45, 7) is 0. The molecule has 3 rings (SSSR count). The van der Waals surface area contributed by atoms with Crippen molar-refractivity contribution in [1.82, 2.24) is 10.3 Å². The minimum atomic E-state index is 0.139. The second-order valence-corrected chi connectivity index (χ2v) is 6.39. The fourth-order valence-electron chi connectivity index (χ4n) is 2.56. The van der Waals surface area contributed by atoms with Crippen LogP contribution in [0.25, 0.3) is 0 Å². The van der Waals surface area contributed by atoms with E-state index in [0.29, 0.717) is 5.11 Å². The van der Waals surface area contributed by atoms with E-state index in [2.05, 4.69) is 45.5 Å². The highest BCUT2D eigenvalue weighted by Crippen LogP contribution is 2.32. The minimum absolute atomic E-state index is 0.139. The molecule has 0 bridgehead atoms. The zero-order valence-electron chi connectivity index (χ0n) is 12.2. The molecule has 0 aliphatic carbocycles. The lowest BCUT2D eigenvalue weighted by molar-refractivity contribution is 0.367. The van der Waals surface area contributed by atoms with E-state index in [0.717, 1.165) is 22.2 Å². The second kappa shape index (κ2) is 6.58. The molecule has 5 heteroatoms. The monoisotopic (exact) mass is 373 g/mol. The Balaban J connectivity index is 1.94. The van der Waals surface area contributed by atoms with Crippen molar-refractivity contribution < 1.29 is 0 Å². The van der Waals surface area contributed by atoms with Crippen molar-refractivity contribution in [2.45, 2.75) is 12.5 Å². The molecule has 0 saturated carbocycles. The zero-order chi connectivity index (χ0) is 15.5. The maximum atomic E-state index is 5.42. The van der Waals surface area contributed by atoms with Gasteiger partial charge in [0.25, 0.3) is 0 Å². The summed E-state index contributed by atoms with van der Waals surface area (Å²) in [7, 11) is 1.83. The Morgan fingerprint density at radius 2 is 1.86 bits per heavy atom. The van der Waals surface area contributed by atoms with Crippen LogP contribution in [0.15, 0.2) is 64.2 Å². The highest BCUT2D eigenvalue weighted by Gasteiger charge is 2.30. The number of hydrazone groups is 1. The highest BCUT2D eigenvalue weighted by atomic mass is 79.9. The Bertz CT molecular complexity index is 698. The van der Waals surface area contributed by atoms with Gasteiger partial charge in [0.1, 0.15) is 0 Å². The lowest BCUT2D eigenvalue weighted by Crippen LogP contribution is -2.34. The van der Waals surface area contributed by atoms with Crippen molar-refractivity contribution in [2.75, 3.05) is 7.05 Å². The highest BCUT2D eigenvalue weighted by molar-refractivity contribution is 9.10. The van der Waals surface area contributed by atoms with E-state index in [9.17, 15) is 0 Å². The lowest BCUT2D eigenvalue weighted by Gasteiger charge is -2.23. The molecule has 0 amide bonds. The van der Waals surface area contributed by atoms with Gasteiger partial charge in [-0.3, -0.25) is 0 Å². The Morgan fingerprint density at radius 1 is 1.18 bits per heavy atom. The maximum Gasteiger partial charge on any atom is 0.189 e. The predicted octanol–water partition coefficient (Wildman–Crippen LogP) is 4.10. The molecule has 0 aromatic heterocycles. The van der Waals surface area contributed by atoms with E-state index in [4.69, 9.17) is 17.3 Å². The Labute approximate surface area is 144 Å². The van der Waals surface area contributed by atoms with Gasteiger partial charge in [-0.05, 0) is 35.5 Å². The molecule has 0 fully saturated rings. The molecule has 1 N–H and O–H groups in total. The van der Waals surface area contributed by atoms with Crippen molar-refractivity contribution in [3.63, 3.8) is 0 Å². The van der Waals surface area contributed by atoms with Crippen LogP contribution in [-0.4, -0.2) is 22.9 Å². The Morgan fingerprint density at radius 3 is 2.50 bits per heavy atom. The average Bonchev–Trinajstić information content (AvgIpc) is 3.01. The first kappa shape index (κ1) is 15.2. The number of nitrogens with zero attached hydrogens (tertiary/aromatic N) is 2. The number of thiocarbonyl (C=S) groups is 1. The molecular formula is C17H16BrN3S. The minimum Gasteiger partial charge on any atom is -0.364 e. The summed E-state index contributed by atoms with van der Waals surface area (Å²) >= 11 is 8.88. The van der Waals surface area contributed by atoms with E-state index in [-0.39, 0.29) is 6.04 Å². The van der Waals surface area contributed by atoms with Crippen molar-refractivity contribution >= 4 is 39.0 Å². The van der Waals surface area contributed by atoms with Crippen LogP contribution in [0.1, 0.15) is 23.6 Å². The molecule has 0 radical (unpaired) electrons. The number of benzene rings is 2. The standard InChI is InChI=1S/C17H16BrN3S/c1-19-17(22)21-16(13-5-3-2-4-6-13)11-15(20-21)12-7-9-14(18)10-8-12/h2-10,16H,11H2,1H3,(H,19,22)/t16-/m1/s1. The molecule has 3 nitrogen and oxygen atoms in total. The largest absolute Gasteiger partial charge is 0.364 e. The molecule has 112 valence electrons. The summed E-state index contributed by atoms with van der Waals surface area (Å²) in [6, 6.07) is 18.7. The molecule has 1 atom stereocenters. The van der Waals surface area contributed by atoms with Crippen LogP contribution in [0.3, 0.4) is 0 Å². The number of hydrogen-bond donors (Lipinski definition) is 1. The molecule has 1 aliphatic heterocycles.